The summed E-state index contributed by atoms with van der Waals surface area (Å²) in [5.41, 5.74) is 3.75. The Morgan fingerprint density at radius 3 is 1.65 bits per heavy atom. The number of carbonyl (C=O) groups is 1. The van der Waals surface area contributed by atoms with Crippen LogP contribution in [-0.4, -0.2) is 66.5 Å². The lowest BCUT2D eigenvalue weighted by atomic mass is 10.1. The largest absolute Gasteiger partial charge is 0.462 e. The van der Waals surface area contributed by atoms with Crippen LogP contribution in [0.2, 0.25) is 0 Å². The molecule has 0 amide bonds. The van der Waals surface area contributed by atoms with E-state index in [0.29, 0.717) is 11.5 Å². The number of rotatable bonds is 8. The van der Waals surface area contributed by atoms with Crippen molar-refractivity contribution in [1.82, 2.24) is 19.9 Å². The molecule has 4 heterocycles. The molecule has 0 aliphatic heterocycles. The lowest BCUT2D eigenvalue weighted by Crippen LogP contribution is -2.17. The minimum Gasteiger partial charge on any atom is -0.462 e. The molecule has 0 saturated heterocycles. The van der Waals surface area contributed by atoms with Gasteiger partial charge in [0.25, 0.3) is 0 Å². The molecule has 0 saturated carbocycles. The van der Waals surface area contributed by atoms with Crippen LogP contribution >= 0.6 is 45.3 Å². The third-order valence-corrected chi connectivity index (χ3v) is 11.3. The van der Waals surface area contributed by atoms with Gasteiger partial charge in [-0.15, -0.1) is 45.3 Å². The Hall–Kier alpha value is -2.18. The van der Waals surface area contributed by atoms with Crippen molar-refractivity contribution >= 4 is 61.2 Å². The van der Waals surface area contributed by atoms with Gasteiger partial charge < -0.3 is 19.3 Å². The van der Waals surface area contributed by atoms with Crippen molar-refractivity contribution < 1.29 is 32.5 Å². The molecule has 240 valence electrons. The Kier molecular flexibility index (Phi) is 15.7. The Morgan fingerprint density at radius 1 is 0.814 bits per heavy atom. The summed E-state index contributed by atoms with van der Waals surface area (Å²) < 4.78 is 37.7. The van der Waals surface area contributed by atoms with Gasteiger partial charge in [0.15, 0.2) is 0 Å². The molecular formula is C27H40N4O7S5. The molecule has 0 spiro atoms. The molecule has 0 unspecified atom stereocenters. The van der Waals surface area contributed by atoms with Crippen LogP contribution in [0.25, 0.3) is 0 Å². The Bertz CT molecular complexity index is 1430. The highest BCUT2D eigenvalue weighted by Crippen LogP contribution is 2.30. The van der Waals surface area contributed by atoms with Crippen molar-refractivity contribution in [2.45, 2.75) is 69.6 Å². The molecule has 4 aromatic heterocycles. The molecule has 11 nitrogen and oxygen atoms in total. The van der Waals surface area contributed by atoms with E-state index in [1.165, 1.54) is 28.9 Å². The van der Waals surface area contributed by atoms with E-state index in [9.17, 15) is 18.3 Å². The fourth-order valence-electron chi connectivity index (χ4n) is 2.46. The molecular weight excluding hydrogens is 653 g/mol. The summed E-state index contributed by atoms with van der Waals surface area (Å²) in [5, 5.41) is 9.35. The van der Waals surface area contributed by atoms with Crippen LogP contribution in [0.3, 0.4) is 0 Å². The zero-order valence-electron chi connectivity index (χ0n) is 26.0. The van der Waals surface area contributed by atoms with E-state index in [-0.39, 0.29) is 15.9 Å². The van der Waals surface area contributed by atoms with Gasteiger partial charge in [-0.1, -0.05) is 0 Å². The summed E-state index contributed by atoms with van der Waals surface area (Å²) in [4.78, 5) is 29.7. The van der Waals surface area contributed by atoms with Crippen LogP contribution in [0.4, 0.5) is 0 Å². The Balaban J connectivity index is 0.000000291. The van der Waals surface area contributed by atoms with Gasteiger partial charge in [-0.25, -0.2) is 18.2 Å². The first-order chi connectivity index (χ1) is 19.9. The lowest BCUT2D eigenvalue weighted by molar-refractivity contribution is 0.0220. The molecule has 0 bridgehead atoms. The topological polar surface area (TPSA) is 151 Å². The van der Waals surface area contributed by atoms with E-state index in [2.05, 4.69) is 19.9 Å². The number of methoxy groups -OCH3 is 2. The first-order valence-corrected chi connectivity index (χ1v) is 18.1. The minimum atomic E-state index is -3.20. The standard InChI is InChI=1S/C8H13NO3S2.C7H11NOS.C6H7NO2S.C6H9NOS/c1-8(2,12-3)6-5-9-7(13-6)14(4,10)11;1-7(2,9-3)6-4-8-5-10-6;1-2-9-6(8)5-3-7-4-10-5;1-6(2,8)5-3-7-4-9-5/h5H,1-4H3;4-5H,1-3H3;3-4H,2H2,1H3;3-4,8H,1-2H3. The van der Waals surface area contributed by atoms with Crippen LogP contribution in [-0.2, 0) is 40.9 Å². The third-order valence-electron chi connectivity index (χ3n) is 5.39. The highest BCUT2D eigenvalue weighted by molar-refractivity contribution is 7.92. The molecule has 0 aromatic carbocycles. The summed E-state index contributed by atoms with van der Waals surface area (Å²) >= 11 is 5.52. The van der Waals surface area contributed by atoms with Crippen molar-refractivity contribution in [3.05, 3.63) is 60.8 Å². The normalized spacial score (nSPS) is 11.7. The van der Waals surface area contributed by atoms with E-state index >= 15 is 0 Å². The smallest absolute Gasteiger partial charge is 0.349 e. The maximum absolute atomic E-state index is 11.2. The molecule has 0 fully saturated rings. The number of ether oxygens (including phenoxy) is 3. The molecule has 0 aliphatic carbocycles. The van der Waals surface area contributed by atoms with Crippen molar-refractivity contribution in [2.75, 3.05) is 27.1 Å². The molecule has 0 atom stereocenters. The SMILES string of the molecule is CC(C)(O)c1cncs1.CCOC(=O)c1cncs1.COC(C)(C)c1cnc(S(C)(=O)=O)s1.COC(C)(C)c1cncs1. The maximum Gasteiger partial charge on any atom is 0.349 e. The summed E-state index contributed by atoms with van der Waals surface area (Å²) in [7, 11) is 0.0926. The van der Waals surface area contributed by atoms with Crippen LogP contribution in [0.1, 0.15) is 72.8 Å². The number of aromatic nitrogens is 4. The minimum absolute atomic E-state index is 0.137. The van der Waals surface area contributed by atoms with E-state index in [1.807, 2.05) is 39.4 Å². The molecule has 1 N–H and O–H groups in total. The van der Waals surface area contributed by atoms with Gasteiger partial charge in [0.05, 0.1) is 60.8 Å². The first-order valence-electron chi connectivity index (χ1n) is 12.7. The predicted molar refractivity (Wildman–Crippen MR) is 173 cm³/mol. The molecule has 0 radical (unpaired) electrons. The van der Waals surface area contributed by atoms with Crippen molar-refractivity contribution in [3.63, 3.8) is 0 Å². The van der Waals surface area contributed by atoms with Crippen molar-refractivity contribution in [2.24, 2.45) is 0 Å². The summed E-state index contributed by atoms with van der Waals surface area (Å²) in [6.07, 6.45) is 7.72. The van der Waals surface area contributed by atoms with Gasteiger partial charge in [0, 0.05) is 39.1 Å². The summed E-state index contributed by atoms with van der Waals surface area (Å²) in [5.74, 6) is -0.287. The quantitative estimate of drug-likeness (QED) is 0.212. The second kappa shape index (κ2) is 17.3. The molecule has 43 heavy (non-hydrogen) atoms. The van der Waals surface area contributed by atoms with Gasteiger partial charge >= 0.3 is 5.97 Å². The van der Waals surface area contributed by atoms with Gasteiger partial charge in [-0.3, -0.25) is 15.0 Å². The second-order valence-electron chi connectivity index (χ2n) is 10.1. The number of hydrogen-bond acceptors (Lipinski definition) is 15. The van der Waals surface area contributed by atoms with Crippen molar-refractivity contribution in [1.29, 1.82) is 0 Å². The van der Waals surface area contributed by atoms with Gasteiger partial charge in [0.2, 0.25) is 14.2 Å². The lowest BCUT2D eigenvalue weighted by Gasteiger charge is -2.20. The molecule has 16 heteroatoms. The monoisotopic (exact) mass is 692 g/mol. The van der Waals surface area contributed by atoms with E-state index in [4.69, 9.17) is 14.2 Å². The third kappa shape index (κ3) is 13.6. The highest BCUT2D eigenvalue weighted by atomic mass is 32.2. The molecule has 0 aliphatic rings. The fourth-order valence-corrected chi connectivity index (χ4v) is 6.19. The zero-order valence-corrected chi connectivity index (χ0v) is 30.1. The predicted octanol–water partition coefficient (Wildman–Crippen LogP) is 6.14. The van der Waals surface area contributed by atoms with Crippen LogP contribution in [0.15, 0.2) is 45.7 Å². The number of thiazole rings is 4. The number of sulfone groups is 1. The van der Waals surface area contributed by atoms with E-state index in [0.717, 1.165) is 32.2 Å². The van der Waals surface area contributed by atoms with Crippen LogP contribution in [0, 0.1) is 0 Å². The van der Waals surface area contributed by atoms with Gasteiger partial charge in [0.1, 0.15) is 4.88 Å². The Morgan fingerprint density at radius 2 is 1.30 bits per heavy atom. The van der Waals surface area contributed by atoms with Gasteiger partial charge in [-0.05, 0) is 48.5 Å². The maximum atomic E-state index is 11.2. The van der Waals surface area contributed by atoms with Crippen molar-refractivity contribution in [3.8, 4) is 0 Å². The average Bonchev–Trinajstić information content (AvgIpc) is 3.75. The number of nitrogens with zero attached hydrogens (tertiary/aromatic N) is 4. The first kappa shape index (κ1) is 38.8. The number of carbonyl (C=O) groups excluding carboxylic acids is 1. The molecule has 4 rings (SSSR count). The number of aliphatic hydroxyl groups is 1. The number of hydrogen-bond donors (Lipinski definition) is 1. The van der Waals surface area contributed by atoms with E-state index < -0.39 is 21.0 Å². The van der Waals surface area contributed by atoms with Gasteiger partial charge in [-0.2, -0.15) is 0 Å². The highest BCUT2D eigenvalue weighted by Gasteiger charge is 2.25. The summed E-state index contributed by atoms with van der Waals surface area (Å²) in [6.45, 7) is 13.5. The average molecular weight is 693 g/mol. The summed E-state index contributed by atoms with van der Waals surface area (Å²) in [6, 6.07) is 0. The number of esters is 1. The van der Waals surface area contributed by atoms with Crippen LogP contribution in [0.5, 0.6) is 0 Å². The zero-order chi connectivity index (χ0) is 32.9. The van der Waals surface area contributed by atoms with E-state index in [1.54, 1.807) is 69.7 Å². The molecule has 4 aromatic rings. The fraction of sp³-hybridized carbons (Fsp3) is 0.519. The second-order valence-corrected chi connectivity index (χ2v) is 15.9. The Labute approximate surface area is 269 Å². The van der Waals surface area contributed by atoms with Crippen LogP contribution < -0.4 is 0 Å².